The molecule has 1 heterocycles. The second kappa shape index (κ2) is 5.49. The van der Waals surface area contributed by atoms with Gasteiger partial charge in [-0.15, -0.1) is 0 Å². The molecule has 0 saturated carbocycles. The summed E-state index contributed by atoms with van der Waals surface area (Å²) >= 11 is 11.3. The molecule has 0 bridgehead atoms. The lowest BCUT2D eigenvalue weighted by Gasteiger charge is -2.22. The van der Waals surface area contributed by atoms with Gasteiger partial charge in [-0.25, -0.2) is 13.4 Å². The molecule has 0 radical (unpaired) electrons. The highest BCUT2D eigenvalue weighted by molar-refractivity contribution is 7.89. The van der Waals surface area contributed by atoms with Gasteiger partial charge in [0.25, 0.3) is 0 Å². The monoisotopic (exact) mass is 298 g/mol. The summed E-state index contributed by atoms with van der Waals surface area (Å²) in [6.45, 7) is 1.31. The average molecular weight is 299 g/mol. The Kier molecular flexibility index (Phi) is 4.74. The molecule has 1 rings (SSSR count). The number of aliphatic hydroxyl groups is 1. The maximum Gasteiger partial charge on any atom is 0.244 e. The molecule has 1 atom stereocenters. The van der Waals surface area contributed by atoms with Crippen LogP contribution >= 0.6 is 23.2 Å². The number of sulfonamides is 1. The van der Waals surface area contributed by atoms with Crippen molar-refractivity contribution in [1.29, 1.82) is 0 Å². The molecule has 0 amide bonds. The van der Waals surface area contributed by atoms with E-state index in [-0.39, 0.29) is 21.7 Å². The highest BCUT2D eigenvalue weighted by Crippen LogP contribution is 2.24. The highest BCUT2D eigenvalue weighted by Gasteiger charge is 2.25. The van der Waals surface area contributed by atoms with Crippen molar-refractivity contribution in [3.63, 3.8) is 0 Å². The Labute approximate surface area is 110 Å². The lowest BCUT2D eigenvalue weighted by Crippen LogP contribution is -2.37. The van der Waals surface area contributed by atoms with Gasteiger partial charge in [-0.3, -0.25) is 0 Å². The third-order valence-electron chi connectivity index (χ3n) is 2.33. The highest BCUT2D eigenvalue weighted by atomic mass is 35.5. The van der Waals surface area contributed by atoms with E-state index >= 15 is 0 Å². The molecular weight excluding hydrogens is 287 g/mol. The molecule has 0 aliphatic rings. The minimum absolute atomic E-state index is 0.0449. The summed E-state index contributed by atoms with van der Waals surface area (Å²) in [6, 6.07) is 0.696. The molecule has 0 aliphatic heterocycles. The van der Waals surface area contributed by atoms with Gasteiger partial charge < -0.3 is 5.11 Å². The van der Waals surface area contributed by atoms with E-state index < -0.39 is 16.1 Å². The van der Waals surface area contributed by atoms with Crippen molar-refractivity contribution >= 4 is 33.2 Å². The maximum atomic E-state index is 12.1. The van der Waals surface area contributed by atoms with Crippen LogP contribution in [0.4, 0.5) is 0 Å². The van der Waals surface area contributed by atoms with E-state index in [1.165, 1.54) is 13.1 Å². The third-order valence-corrected chi connectivity index (χ3v) is 4.96. The van der Waals surface area contributed by atoms with Crippen LogP contribution in [0, 0.1) is 0 Å². The SMILES string of the molecule is CC(CO)N(C)S(=O)(=O)c1cnc(Cl)c(Cl)c1. The summed E-state index contributed by atoms with van der Waals surface area (Å²) < 4.78 is 25.2. The molecule has 1 N–H and O–H groups in total. The fourth-order valence-corrected chi connectivity index (χ4v) is 2.72. The first-order valence-electron chi connectivity index (χ1n) is 4.70. The van der Waals surface area contributed by atoms with Gasteiger partial charge in [0, 0.05) is 19.3 Å². The first-order chi connectivity index (χ1) is 7.80. The van der Waals surface area contributed by atoms with E-state index in [1.54, 1.807) is 6.92 Å². The molecule has 1 aromatic heterocycles. The predicted molar refractivity (Wildman–Crippen MR) is 65.8 cm³/mol. The summed E-state index contributed by atoms with van der Waals surface area (Å²) in [7, 11) is -2.35. The van der Waals surface area contributed by atoms with Crippen LogP contribution in [0.1, 0.15) is 6.92 Å². The van der Waals surface area contributed by atoms with E-state index in [9.17, 15) is 8.42 Å². The fourth-order valence-electron chi connectivity index (χ4n) is 1.06. The van der Waals surface area contributed by atoms with Gasteiger partial charge in [0.2, 0.25) is 10.0 Å². The van der Waals surface area contributed by atoms with E-state index in [0.717, 1.165) is 10.5 Å². The van der Waals surface area contributed by atoms with E-state index in [2.05, 4.69) is 4.98 Å². The second-order valence-corrected chi connectivity index (χ2v) is 6.26. The van der Waals surface area contributed by atoms with Crippen LogP contribution in [0.2, 0.25) is 10.2 Å². The van der Waals surface area contributed by atoms with Crippen molar-refractivity contribution in [3.8, 4) is 0 Å². The second-order valence-electron chi connectivity index (χ2n) is 3.50. The molecular formula is C9H12Cl2N2O3S. The summed E-state index contributed by atoms with van der Waals surface area (Å²) in [4.78, 5) is 3.62. The summed E-state index contributed by atoms with van der Waals surface area (Å²) in [6.07, 6.45) is 1.13. The fraction of sp³-hybridized carbons (Fsp3) is 0.444. The number of hydrogen-bond donors (Lipinski definition) is 1. The Bertz CT molecular complexity index is 507. The zero-order valence-corrected chi connectivity index (χ0v) is 11.6. The Morgan fingerprint density at radius 1 is 1.53 bits per heavy atom. The lowest BCUT2D eigenvalue weighted by molar-refractivity contribution is 0.214. The molecule has 0 saturated heterocycles. The van der Waals surface area contributed by atoms with Crippen molar-refractivity contribution in [2.24, 2.45) is 0 Å². The van der Waals surface area contributed by atoms with Crippen molar-refractivity contribution < 1.29 is 13.5 Å². The Morgan fingerprint density at radius 2 is 2.12 bits per heavy atom. The van der Waals surface area contributed by atoms with E-state index in [1.807, 2.05) is 0 Å². The smallest absolute Gasteiger partial charge is 0.244 e. The van der Waals surface area contributed by atoms with Crippen LogP contribution in [0.5, 0.6) is 0 Å². The topological polar surface area (TPSA) is 70.5 Å². The van der Waals surface area contributed by atoms with Gasteiger partial charge in [0.05, 0.1) is 11.6 Å². The lowest BCUT2D eigenvalue weighted by atomic mass is 10.4. The Balaban J connectivity index is 3.17. The molecule has 96 valence electrons. The summed E-state index contributed by atoms with van der Waals surface area (Å²) in [5.74, 6) is 0. The quantitative estimate of drug-likeness (QED) is 0.853. The summed E-state index contributed by atoms with van der Waals surface area (Å²) in [5.41, 5.74) is 0. The number of hydrogen-bond acceptors (Lipinski definition) is 4. The number of likely N-dealkylation sites (N-methyl/N-ethyl adjacent to an activating group) is 1. The molecule has 5 nitrogen and oxygen atoms in total. The van der Waals surface area contributed by atoms with E-state index in [4.69, 9.17) is 28.3 Å². The molecule has 0 spiro atoms. The molecule has 0 aliphatic carbocycles. The molecule has 8 heteroatoms. The van der Waals surface area contributed by atoms with Crippen LogP contribution in [0.15, 0.2) is 17.2 Å². The van der Waals surface area contributed by atoms with Crippen molar-refractivity contribution in [3.05, 3.63) is 22.4 Å². The number of nitrogens with zero attached hydrogens (tertiary/aromatic N) is 2. The third kappa shape index (κ3) is 3.08. The van der Waals surface area contributed by atoms with Crippen LogP contribution in [-0.2, 0) is 10.0 Å². The molecule has 1 unspecified atom stereocenters. The largest absolute Gasteiger partial charge is 0.395 e. The van der Waals surface area contributed by atoms with Gasteiger partial charge >= 0.3 is 0 Å². The number of rotatable bonds is 4. The van der Waals surface area contributed by atoms with Crippen molar-refractivity contribution in [2.75, 3.05) is 13.7 Å². The van der Waals surface area contributed by atoms with Gasteiger partial charge in [0.1, 0.15) is 10.0 Å². The zero-order valence-electron chi connectivity index (χ0n) is 9.26. The van der Waals surface area contributed by atoms with Crippen molar-refractivity contribution in [1.82, 2.24) is 9.29 Å². The normalized spacial score (nSPS) is 14.0. The van der Waals surface area contributed by atoms with Gasteiger partial charge in [-0.05, 0) is 13.0 Å². The van der Waals surface area contributed by atoms with Gasteiger partial charge in [-0.1, -0.05) is 23.2 Å². The average Bonchev–Trinajstić information content (AvgIpc) is 2.30. The van der Waals surface area contributed by atoms with Gasteiger partial charge in [-0.2, -0.15) is 4.31 Å². The predicted octanol–water partition coefficient (Wildman–Crippen LogP) is 1.39. The number of aliphatic hydroxyl groups excluding tert-OH is 1. The van der Waals surface area contributed by atoms with Crippen LogP contribution in [-0.4, -0.2) is 42.5 Å². The minimum atomic E-state index is -3.72. The molecule has 1 aromatic rings. The first-order valence-corrected chi connectivity index (χ1v) is 6.90. The minimum Gasteiger partial charge on any atom is -0.395 e. The van der Waals surface area contributed by atoms with Crippen molar-refractivity contribution in [2.45, 2.75) is 17.9 Å². The molecule has 0 aromatic carbocycles. The first kappa shape index (κ1) is 14.7. The number of pyridine rings is 1. The van der Waals surface area contributed by atoms with Crippen LogP contribution in [0.25, 0.3) is 0 Å². The number of aromatic nitrogens is 1. The van der Waals surface area contributed by atoms with Crippen LogP contribution in [0.3, 0.4) is 0 Å². The number of halogens is 2. The summed E-state index contributed by atoms with van der Waals surface area (Å²) in [5, 5.41) is 9.06. The molecule has 0 fully saturated rings. The Morgan fingerprint density at radius 3 is 2.59 bits per heavy atom. The van der Waals surface area contributed by atoms with Gasteiger partial charge in [0.15, 0.2) is 0 Å². The van der Waals surface area contributed by atoms with E-state index in [0.29, 0.717) is 0 Å². The molecule has 17 heavy (non-hydrogen) atoms. The van der Waals surface area contributed by atoms with Crippen LogP contribution < -0.4 is 0 Å². The Hall–Kier alpha value is -0.400. The maximum absolute atomic E-state index is 12.1. The zero-order chi connectivity index (χ0) is 13.2. The standard InChI is InChI=1S/C9H12Cl2N2O3S/c1-6(5-14)13(2)17(15,16)7-3-8(10)9(11)12-4-7/h3-4,6,14H,5H2,1-2H3.